The summed E-state index contributed by atoms with van der Waals surface area (Å²) in [5, 5.41) is 0.641. The molecule has 0 aromatic carbocycles. The Balaban J connectivity index is 2.48. The highest BCUT2D eigenvalue weighted by molar-refractivity contribution is 9.11. The minimum absolute atomic E-state index is 0.258. The Labute approximate surface area is 103 Å². The molecule has 0 saturated carbocycles. The van der Waals surface area contributed by atoms with Gasteiger partial charge in [0.05, 0.1) is 8.66 Å². The Bertz CT molecular complexity index is 485. The molecule has 15 heavy (non-hydrogen) atoms. The van der Waals surface area contributed by atoms with Crippen LogP contribution in [0.5, 0.6) is 0 Å². The maximum absolute atomic E-state index is 5.60. The quantitative estimate of drug-likeness (QED) is 0.864. The van der Waals surface area contributed by atoms with Gasteiger partial charge in [-0.2, -0.15) is 9.97 Å². The Hall–Kier alpha value is -0.660. The van der Waals surface area contributed by atoms with Crippen LogP contribution in [-0.2, 0) is 0 Å². The number of nitrogens with two attached hydrogens (primary N) is 1. The van der Waals surface area contributed by atoms with E-state index in [0.29, 0.717) is 11.0 Å². The van der Waals surface area contributed by atoms with Gasteiger partial charge >= 0.3 is 0 Å². The summed E-state index contributed by atoms with van der Waals surface area (Å²) >= 11 is 6.41. The molecule has 0 atom stereocenters. The van der Waals surface area contributed by atoms with Crippen LogP contribution >= 0.6 is 39.0 Å². The third kappa shape index (κ3) is 2.47. The number of thiophene rings is 1. The first-order valence-corrected chi connectivity index (χ1v) is 6.83. The Morgan fingerprint density at radius 3 is 2.73 bits per heavy atom. The smallest absolute Gasteiger partial charge is 0.224 e. The van der Waals surface area contributed by atoms with E-state index in [0.717, 1.165) is 8.66 Å². The average Bonchev–Trinajstić information content (AvgIpc) is 2.64. The minimum Gasteiger partial charge on any atom is -0.368 e. The molecule has 0 spiro atoms. The van der Waals surface area contributed by atoms with Crippen LogP contribution in [0.4, 0.5) is 5.95 Å². The van der Waals surface area contributed by atoms with Crippen molar-refractivity contribution in [2.75, 3.05) is 12.0 Å². The molecule has 0 aliphatic carbocycles. The first-order valence-electron chi connectivity index (χ1n) is 4.00. The number of halogens is 1. The number of hydrogen-bond acceptors (Lipinski definition) is 6. The Kier molecular flexibility index (Phi) is 3.22. The maximum Gasteiger partial charge on any atom is 0.224 e. The van der Waals surface area contributed by atoms with Gasteiger partial charge in [-0.05, 0) is 34.3 Å². The summed E-state index contributed by atoms with van der Waals surface area (Å²) in [5.41, 5.74) is 5.60. The topological polar surface area (TPSA) is 64.7 Å². The van der Waals surface area contributed by atoms with Gasteiger partial charge < -0.3 is 5.73 Å². The van der Waals surface area contributed by atoms with Gasteiger partial charge in [0.15, 0.2) is 11.0 Å². The summed E-state index contributed by atoms with van der Waals surface area (Å²) in [6, 6.07) is 3.91. The van der Waals surface area contributed by atoms with E-state index in [1.807, 2.05) is 18.4 Å². The zero-order valence-corrected chi connectivity index (χ0v) is 11.0. The summed E-state index contributed by atoms with van der Waals surface area (Å²) in [7, 11) is 0. The summed E-state index contributed by atoms with van der Waals surface area (Å²) < 4.78 is 1.04. The van der Waals surface area contributed by atoms with Gasteiger partial charge in [-0.1, -0.05) is 11.8 Å². The van der Waals surface area contributed by atoms with E-state index in [4.69, 9.17) is 5.73 Å². The second-order valence-electron chi connectivity index (χ2n) is 2.61. The third-order valence-corrected chi connectivity index (χ3v) is 3.78. The Morgan fingerprint density at radius 2 is 2.13 bits per heavy atom. The van der Waals surface area contributed by atoms with Crippen LogP contribution in [0.15, 0.2) is 21.1 Å². The first-order chi connectivity index (χ1) is 7.19. The molecule has 2 N–H and O–H groups in total. The minimum atomic E-state index is 0.258. The predicted octanol–water partition coefficient (Wildman–Crippen LogP) is 2.67. The predicted molar refractivity (Wildman–Crippen MR) is 67.0 cm³/mol. The summed E-state index contributed by atoms with van der Waals surface area (Å²) in [6.07, 6.45) is 1.91. The van der Waals surface area contributed by atoms with Crippen molar-refractivity contribution < 1.29 is 0 Å². The highest BCUT2D eigenvalue weighted by atomic mass is 79.9. The normalized spacial score (nSPS) is 10.5. The fourth-order valence-corrected chi connectivity index (χ4v) is 2.69. The van der Waals surface area contributed by atoms with Gasteiger partial charge in [0.2, 0.25) is 5.95 Å². The number of rotatable bonds is 2. The SMILES string of the molecule is CSc1nc(N)nc(-c2ccc(Br)s2)n1. The highest BCUT2D eigenvalue weighted by Crippen LogP contribution is 2.29. The van der Waals surface area contributed by atoms with Crippen LogP contribution < -0.4 is 5.73 Å². The van der Waals surface area contributed by atoms with E-state index >= 15 is 0 Å². The van der Waals surface area contributed by atoms with Crippen LogP contribution in [0.1, 0.15) is 0 Å². The van der Waals surface area contributed by atoms with Crippen LogP contribution in [-0.4, -0.2) is 21.2 Å². The van der Waals surface area contributed by atoms with Crippen molar-refractivity contribution in [1.29, 1.82) is 0 Å². The summed E-state index contributed by atoms with van der Waals surface area (Å²) in [6.45, 7) is 0. The number of nitrogens with zero attached hydrogens (tertiary/aromatic N) is 3. The molecule has 0 unspecified atom stereocenters. The number of hydrogen-bond donors (Lipinski definition) is 1. The molecule has 0 aliphatic rings. The van der Waals surface area contributed by atoms with Gasteiger partial charge in [-0.3, -0.25) is 0 Å². The lowest BCUT2D eigenvalue weighted by Crippen LogP contribution is -2.00. The molecular formula is C8H7BrN4S2. The molecule has 2 aromatic heterocycles. The summed E-state index contributed by atoms with van der Waals surface area (Å²) in [4.78, 5) is 13.4. The molecule has 78 valence electrons. The maximum atomic E-state index is 5.60. The number of anilines is 1. The van der Waals surface area contributed by atoms with E-state index in [2.05, 4.69) is 30.9 Å². The standard InChI is InChI=1S/C8H7BrN4S2/c1-14-8-12-6(11-7(10)13-8)4-2-3-5(9)15-4/h2-3H,1H3,(H2,10,11,12,13). The number of aromatic nitrogens is 3. The lowest BCUT2D eigenvalue weighted by molar-refractivity contribution is 0.930. The van der Waals surface area contributed by atoms with Gasteiger partial charge in [0.1, 0.15) is 0 Å². The number of nitrogen functional groups attached to an aromatic ring is 1. The lowest BCUT2D eigenvalue weighted by atomic mass is 10.4. The van der Waals surface area contributed by atoms with Crippen molar-refractivity contribution in [3.05, 3.63) is 15.9 Å². The zero-order chi connectivity index (χ0) is 10.8. The molecule has 2 aromatic rings. The largest absolute Gasteiger partial charge is 0.368 e. The third-order valence-electron chi connectivity index (χ3n) is 1.61. The second kappa shape index (κ2) is 4.46. The van der Waals surface area contributed by atoms with E-state index in [1.54, 1.807) is 11.3 Å². The lowest BCUT2D eigenvalue weighted by Gasteiger charge is -2.00. The fraction of sp³-hybridized carbons (Fsp3) is 0.125. The van der Waals surface area contributed by atoms with Gasteiger partial charge in [0.25, 0.3) is 0 Å². The van der Waals surface area contributed by atoms with E-state index in [-0.39, 0.29) is 5.95 Å². The van der Waals surface area contributed by atoms with Crippen molar-refractivity contribution in [2.45, 2.75) is 5.16 Å². The van der Waals surface area contributed by atoms with Crippen LogP contribution in [0.3, 0.4) is 0 Å². The van der Waals surface area contributed by atoms with Crippen molar-refractivity contribution in [2.24, 2.45) is 0 Å². The van der Waals surface area contributed by atoms with Gasteiger partial charge in [0, 0.05) is 0 Å². The molecule has 7 heteroatoms. The summed E-state index contributed by atoms with van der Waals surface area (Å²) in [5.74, 6) is 0.886. The second-order valence-corrected chi connectivity index (χ2v) is 5.84. The van der Waals surface area contributed by atoms with Crippen molar-refractivity contribution in [1.82, 2.24) is 15.0 Å². The van der Waals surface area contributed by atoms with Gasteiger partial charge in [-0.15, -0.1) is 11.3 Å². The van der Waals surface area contributed by atoms with Crippen molar-refractivity contribution in [3.63, 3.8) is 0 Å². The van der Waals surface area contributed by atoms with Crippen LogP contribution in [0.2, 0.25) is 0 Å². The zero-order valence-electron chi connectivity index (χ0n) is 7.77. The fourth-order valence-electron chi connectivity index (χ4n) is 1.01. The van der Waals surface area contributed by atoms with E-state index in [9.17, 15) is 0 Å². The number of thioether (sulfide) groups is 1. The molecule has 4 nitrogen and oxygen atoms in total. The van der Waals surface area contributed by atoms with Crippen molar-refractivity contribution in [3.8, 4) is 10.7 Å². The molecule has 0 bridgehead atoms. The molecule has 0 fully saturated rings. The monoisotopic (exact) mass is 302 g/mol. The Morgan fingerprint density at radius 1 is 1.33 bits per heavy atom. The van der Waals surface area contributed by atoms with E-state index < -0.39 is 0 Å². The molecule has 2 rings (SSSR count). The molecule has 0 saturated heterocycles. The van der Waals surface area contributed by atoms with E-state index in [1.165, 1.54) is 11.8 Å². The molecule has 0 aliphatic heterocycles. The van der Waals surface area contributed by atoms with Crippen LogP contribution in [0, 0.1) is 0 Å². The molecule has 0 radical (unpaired) electrons. The highest BCUT2D eigenvalue weighted by Gasteiger charge is 2.08. The van der Waals surface area contributed by atoms with Crippen molar-refractivity contribution >= 4 is 45.0 Å². The van der Waals surface area contributed by atoms with Gasteiger partial charge in [-0.25, -0.2) is 4.98 Å². The molecular weight excluding hydrogens is 296 g/mol. The average molecular weight is 303 g/mol. The van der Waals surface area contributed by atoms with Crippen LogP contribution in [0.25, 0.3) is 10.7 Å². The first kappa shape index (κ1) is 10.8. The molecule has 0 amide bonds. The molecule has 2 heterocycles.